The summed E-state index contributed by atoms with van der Waals surface area (Å²) in [5.41, 5.74) is 10.7. The molecule has 5 aromatic rings. The molecule has 0 saturated heterocycles. The second-order valence-electron chi connectivity index (χ2n) is 7.94. The van der Waals surface area contributed by atoms with Crippen LogP contribution in [0.25, 0.3) is 44.7 Å². The number of aryl methyl sites for hydroxylation is 3. The van der Waals surface area contributed by atoms with Gasteiger partial charge in [0.15, 0.2) is 0 Å². The molecule has 146 valence electrons. The zero-order chi connectivity index (χ0) is 20.7. The van der Waals surface area contributed by atoms with E-state index in [0.717, 1.165) is 16.9 Å². The molecule has 2 heteroatoms. The lowest BCUT2D eigenvalue weighted by Gasteiger charge is -2.16. The smallest absolute Gasteiger partial charge is 0.142 e. The molecular weight excluding hydrogens is 364 g/mol. The normalized spacial score (nSPS) is 11.2. The van der Waals surface area contributed by atoms with E-state index in [-0.39, 0.29) is 0 Å². The van der Waals surface area contributed by atoms with Gasteiger partial charge in [0.25, 0.3) is 0 Å². The fraction of sp³-hybridized carbons (Fsp3) is 0.107. The largest absolute Gasteiger partial charge is 0.327 e. The predicted octanol–water partition coefficient (Wildman–Crippen LogP) is 7.19. The Hall–Kier alpha value is -3.65. The zero-order valence-corrected chi connectivity index (χ0v) is 17.6. The van der Waals surface area contributed by atoms with E-state index in [1.165, 1.54) is 38.9 Å². The highest BCUT2D eigenvalue weighted by Gasteiger charge is 2.19. The highest BCUT2D eigenvalue weighted by atomic mass is 15.1. The molecule has 0 amide bonds. The van der Waals surface area contributed by atoms with Gasteiger partial charge in [-0.25, -0.2) is 4.98 Å². The Morgan fingerprint density at radius 2 is 1.13 bits per heavy atom. The van der Waals surface area contributed by atoms with Gasteiger partial charge in [0.05, 0.1) is 11.0 Å². The molecule has 5 rings (SSSR count). The standard InChI is InChI=1S/C28H24N2/c1-19-11-15-21(16-12-19)23-7-6-8-24(22-17-13-20(2)14-18-22)27(23)28-29-25-9-4-5-10-26(25)30(28)3/h4-18H,1-3H3. The summed E-state index contributed by atoms with van der Waals surface area (Å²) in [6, 6.07) is 32.4. The zero-order valence-electron chi connectivity index (χ0n) is 17.6. The summed E-state index contributed by atoms with van der Waals surface area (Å²) >= 11 is 0. The summed E-state index contributed by atoms with van der Waals surface area (Å²) in [4.78, 5) is 5.05. The van der Waals surface area contributed by atoms with Crippen molar-refractivity contribution >= 4 is 11.0 Å². The van der Waals surface area contributed by atoms with E-state index in [4.69, 9.17) is 4.98 Å². The lowest BCUT2D eigenvalue weighted by atomic mass is 9.90. The first-order valence-corrected chi connectivity index (χ1v) is 10.3. The summed E-state index contributed by atoms with van der Waals surface area (Å²) in [6.45, 7) is 4.25. The SMILES string of the molecule is Cc1ccc(-c2cccc(-c3ccc(C)cc3)c2-c2nc3ccccc3n2C)cc1. The van der Waals surface area contributed by atoms with Crippen LogP contribution in [-0.4, -0.2) is 9.55 Å². The Morgan fingerprint density at radius 1 is 0.600 bits per heavy atom. The van der Waals surface area contributed by atoms with Crippen LogP contribution in [0.3, 0.4) is 0 Å². The quantitative estimate of drug-likeness (QED) is 0.320. The van der Waals surface area contributed by atoms with Crippen LogP contribution in [0.15, 0.2) is 91.0 Å². The Labute approximate surface area is 177 Å². The number of benzene rings is 4. The highest BCUT2D eigenvalue weighted by Crippen LogP contribution is 2.40. The number of nitrogens with zero attached hydrogens (tertiary/aromatic N) is 2. The van der Waals surface area contributed by atoms with Gasteiger partial charge in [-0.05, 0) is 48.2 Å². The Kier molecular flexibility index (Phi) is 4.48. The van der Waals surface area contributed by atoms with Crippen LogP contribution < -0.4 is 0 Å². The maximum absolute atomic E-state index is 5.05. The first kappa shape index (κ1) is 18.4. The number of imidazole rings is 1. The van der Waals surface area contributed by atoms with Crippen LogP contribution >= 0.6 is 0 Å². The van der Waals surface area contributed by atoms with Crippen molar-refractivity contribution in [3.05, 3.63) is 102 Å². The molecule has 0 aliphatic carbocycles. The third-order valence-electron chi connectivity index (χ3n) is 5.80. The van der Waals surface area contributed by atoms with E-state index in [9.17, 15) is 0 Å². The van der Waals surface area contributed by atoms with Crippen molar-refractivity contribution in [2.75, 3.05) is 0 Å². The molecule has 0 fully saturated rings. The third-order valence-corrected chi connectivity index (χ3v) is 5.80. The molecule has 0 radical (unpaired) electrons. The molecule has 0 bridgehead atoms. The lowest BCUT2D eigenvalue weighted by Crippen LogP contribution is -1.97. The molecule has 0 saturated carbocycles. The van der Waals surface area contributed by atoms with Gasteiger partial charge >= 0.3 is 0 Å². The van der Waals surface area contributed by atoms with Crippen molar-refractivity contribution in [3.63, 3.8) is 0 Å². The summed E-state index contributed by atoms with van der Waals surface area (Å²) in [6.07, 6.45) is 0. The number of aromatic nitrogens is 2. The molecule has 0 aliphatic heterocycles. The maximum Gasteiger partial charge on any atom is 0.142 e. The molecule has 0 spiro atoms. The van der Waals surface area contributed by atoms with Gasteiger partial charge in [-0.2, -0.15) is 0 Å². The Balaban J connectivity index is 1.84. The number of rotatable bonds is 3. The molecule has 0 unspecified atom stereocenters. The van der Waals surface area contributed by atoms with Gasteiger partial charge in [0.1, 0.15) is 5.82 Å². The van der Waals surface area contributed by atoms with Gasteiger partial charge in [0, 0.05) is 12.6 Å². The molecule has 1 heterocycles. The fourth-order valence-electron chi connectivity index (χ4n) is 4.11. The number of fused-ring (bicyclic) bond motifs is 1. The maximum atomic E-state index is 5.05. The summed E-state index contributed by atoms with van der Waals surface area (Å²) in [7, 11) is 2.11. The molecule has 0 N–H and O–H groups in total. The minimum atomic E-state index is 0.989. The molecule has 1 aromatic heterocycles. The van der Waals surface area contributed by atoms with Crippen LogP contribution in [0.1, 0.15) is 11.1 Å². The van der Waals surface area contributed by atoms with Crippen molar-refractivity contribution in [3.8, 4) is 33.6 Å². The number of hydrogen-bond acceptors (Lipinski definition) is 1. The van der Waals surface area contributed by atoms with E-state index in [1.54, 1.807) is 0 Å². The molecule has 4 aromatic carbocycles. The van der Waals surface area contributed by atoms with Crippen LogP contribution in [-0.2, 0) is 7.05 Å². The molecule has 30 heavy (non-hydrogen) atoms. The summed E-state index contributed by atoms with van der Waals surface area (Å²) in [5.74, 6) is 0.989. The Morgan fingerprint density at radius 3 is 1.67 bits per heavy atom. The van der Waals surface area contributed by atoms with Gasteiger partial charge < -0.3 is 4.57 Å². The highest BCUT2D eigenvalue weighted by molar-refractivity contribution is 5.95. The van der Waals surface area contributed by atoms with Crippen LogP contribution in [0.4, 0.5) is 0 Å². The topological polar surface area (TPSA) is 17.8 Å². The third kappa shape index (κ3) is 3.11. The minimum Gasteiger partial charge on any atom is -0.327 e. The van der Waals surface area contributed by atoms with Crippen molar-refractivity contribution in [1.29, 1.82) is 0 Å². The second kappa shape index (κ2) is 7.31. The fourth-order valence-corrected chi connectivity index (χ4v) is 4.11. The van der Waals surface area contributed by atoms with Crippen LogP contribution in [0.5, 0.6) is 0 Å². The van der Waals surface area contributed by atoms with Crippen LogP contribution in [0.2, 0.25) is 0 Å². The minimum absolute atomic E-state index is 0.989. The average molecular weight is 389 g/mol. The van der Waals surface area contributed by atoms with Crippen molar-refractivity contribution in [2.45, 2.75) is 13.8 Å². The number of hydrogen-bond donors (Lipinski definition) is 0. The van der Waals surface area contributed by atoms with Crippen molar-refractivity contribution in [2.24, 2.45) is 7.05 Å². The summed E-state index contributed by atoms with van der Waals surface area (Å²) < 4.78 is 2.21. The lowest BCUT2D eigenvalue weighted by molar-refractivity contribution is 0.960. The second-order valence-corrected chi connectivity index (χ2v) is 7.94. The van der Waals surface area contributed by atoms with Gasteiger partial charge in [0.2, 0.25) is 0 Å². The molecule has 0 atom stereocenters. The molecule has 2 nitrogen and oxygen atoms in total. The van der Waals surface area contributed by atoms with E-state index < -0.39 is 0 Å². The van der Waals surface area contributed by atoms with Gasteiger partial charge in [-0.1, -0.05) is 90.0 Å². The van der Waals surface area contributed by atoms with Crippen molar-refractivity contribution in [1.82, 2.24) is 9.55 Å². The monoisotopic (exact) mass is 388 g/mol. The van der Waals surface area contributed by atoms with E-state index >= 15 is 0 Å². The Bertz CT molecular complexity index is 1280. The van der Waals surface area contributed by atoms with Gasteiger partial charge in [-0.3, -0.25) is 0 Å². The first-order valence-electron chi connectivity index (χ1n) is 10.3. The van der Waals surface area contributed by atoms with Crippen LogP contribution in [0, 0.1) is 13.8 Å². The van der Waals surface area contributed by atoms with E-state index in [0.29, 0.717) is 0 Å². The van der Waals surface area contributed by atoms with E-state index in [1.807, 2.05) is 6.07 Å². The first-order chi connectivity index (χ1) is 14.6. The summed E-state index contributed by atoms with van der Waals surface area (Å²) in [5, 5.41) is 0. The van der Waals surface area contributed by atoms with Gasteiger partial charge in [-0.15, -0.1) is 0 Å². The molecular formula is C28H24N2. The molecule has 0 aliphatic rings. The predicted molar refractivity (Wildman–Crippen MR) is 126 cm³/mol. The van der Waals surface area contributed by atoms with Crippen molar-refractivity contribution < 1.29 is 0 Å². The number of para-hydroxylation sites is 2. The average Bonchev–Trinajstić information content (AvgIpc) is 3.11. The van der Waals surface area contributed by atoms with E-state index in [2.05, 4.69) is 110 Å².